The lowest BCUT2D eigenvalue weighted by atomic mass is 9.76. The van der Waals surface area contributed by atoms with E-state index in [1.807, 2.05) is 7.05 Å². The van der Waals surface area contributed by atoms with Gasteiger partial charge < -0.3 is 5.11 Å². The molecule has 78 valence electrons. The van der Waals surface area contributed by atoms with Crippen molar-refractivity contribution < 1.29 is 5.11 Å². The van der Waals surface area contributed by atoms with Gasteiger partial charge in [0.15, 0.2) is 0 Å². The normalized spacial score (nSPS) is 30.9. The minimum Gasteiger partial charge on any atom is -0.383 e. The summed E-state index contributed by atoms with van der Waals surface area (Å²) in [4.78, 5) is 0. The van der Waals surface area contributed by atoms with E-state index in [1.165, 1.54) is 0 Å². The Kier molecular flexibility index (Phi) is 1.93. The van der Waals surface area contributed by atoms with Crippen molar-refractivity contribution in [3.05, 3.63) is 11.9 Å². The first-order valence-corrected chi connectivity index (χ1v) is 5.05. The fraction of sp³-hybridized carbons (Fsp3) is 0.800. The Morgan fingerprint density at radius 3 is 2.57 bits per heavy atom. The van der Waals surface area contributed by atoms with Crippen molar-refractivity contribution in [2.75, 3.05) is 0 Å². The summed E-state index contributed by atoms with van der Waals surface area (Å²) in [6, 6.07) is 0. The van der Waals surface area contributed by atoms with Gasteiger partial charge in [-0.05, 0) is 24.7 Å². The van der Waals surface area contributed by atoms with E-state index in [2.05, 4.69) is 24.2 Å². The lowest BCUT2D eigenvalue weighted by Gasteiger charge is -2.36. The smallest absolute Gasteiger partial charge is 0.113 e. The van der Waals surface area contributed by atoms with Crippen LogP contribution in [0.4, 0.5) is 0 Å². The first-order chi connectivity index (χ1) is 6.47. The second-order valence-electron chi connectivity index (χ2n) is 4.84. The van der Waals surface area contributed by atoms with Crippen molar-refractivity contribution >= 4 is 0 Å². The molecule has 2 rings (SSSR count). The van der Waals surface area contributed by atoms with Crippen molar-refractivity contribution in [2.24, 2.45) is 12.5 Å². The maximum Gasteiger partial charge on any atom is 0.113 e. The van der Waals surface area contributed by atoms with Crippen LogP contribution in [0.3, 0.4) is 0 Å². The predicted octanol–water partition coefficient (Wildman–Crippen LogP) is 1.21. The SMILES string of the molecule is Cn1nncc1C1(O)CCCC1(C)C. The molecule has 0 saturated heterocycles. The van der Waals surface area contributed by atoms with Gasteiger partial charge in [0.25, 0.3) is 0 Å². The quantitative estimate of drug-likeness (QED) is 0.733. The van der Waals surface area contributed by atoms with Crippen LogP contribution in [0, 0.1) is 5.41 Å². The largest absolute Gasteiger partial charge is 0.383 e. The Morgan fingerprint density at radius 1 is 1.43 bits per heavy atom. The molecule has 0 amide bonds. The van der Waals surface area contributed by atoms with E-state index in [1.54, 1.807) is 10.9 Å². The zero-order chi connectivity index (χ0) is 10.4. The van der Waals surface area contributed by atoms with Crippen LogP contribution in [-0.4, -0.2) is 20.1 Å². The van der Waals surface area contributed by atoms with E-state index in [-0.39, 0.29) is 5.41 Å². The lowest BCUT2D eigenvalue weighted by molar-refractivity contribution is -0.0550. The van der Waals surface area contributed by atoms with Crippen molar-refractivity contribution in [3.63, 3.8) is 0 Å². The number of hydrogen-bond donors (Lipinski definition) is 1. The molecule has 0 bridgehead atoms. The van der Waals surface area contributed by atoms with Crippen molar-refractivity contribution in [1.29, 1.82) is 0 Å². The van der Waals surface area contributed by atoms with E-state index in [0.29, 0.717) is 0 Å². The van der Waals surface area contributed by atoms with Gasteiger partial charge >= 0.3 is 0 Å². The summed E-state index contributed by atoms with van der Waals surface area (Å²) in [5.74, 6) is 0. The Labute approximate surface area is 83.9 Å². The van der Waals surface area contributed by atoms with Crippen LogP contribution in [-0.2, 0) is 12.6 Å². The first kappa shape index (κ1) is 9.65. The maximum absolute atomic E-state index is 10.7. The molecule has 1 saturated carbocycles. The van der Waals surface area contributed by atoms with Crippen LogP contribution in [0.5, 0.6) is 0 Å². The van der Waals surface area contributed by atoms with Crippen LogP contribution < -0.4 is 0 Å². The number of nitrogens with zero attached hydrogens (tertiary/aromatic N) is 3. The van der Waals surface area contributed by atoms with E-state index in [9.17, 15) is 5.11 Å². The number of rotatable bonds is 1. The second-order valence-corrected chi connectivity index (χ2v) is 4.84. The van der Waals surface area contributed by atoms with E-state index in [4.69, 9.17) is 0 Å². The molecule has 1 aliphatic rings. The van der Waals surface area contributed by atoms with Crippen LogP contribution in [0.2, 0.25) is 0 Å². The molecule has 1 aliphatic carbocycles. The van der Waals surface area contributed by atoms with Crippen molar-refractivity contribution in [1.82, 2.24) is 15.0 Å². The second kappa shape index (κ2) is 2.79. The molecule has 1 N–H and O–H groups in total. The fourth-order valence-corrected chi connectivity index (χ4v) is 2.47. The number of hydrogen-bond acceptors (Lipinski definition) is 3. The lowest BCUT2D eigenvalue weighted by Crippen LogP contribution is -2.38. The molecule has 1 unspecified atom stereocenters. The highest BCUT2D eigenvalue weighted by molar-refractivity contribution is 5.15. The number of aliphatic hydroxyl groups is 1. The average Bonchev–Trinajstić information content (AvgIpc) is 2.59. The molecule has 0 aromatic carbocycles. The van der Waals surface area contributed by atoms with Crippen molar-refractivity contribution in [3.8, 4) is 0 Å². The van der Waals surface area contributed by atoms with Crippen LogP contribution in [0.1, 0.15) is 38.8 Å². The van der Waals surface area contributed by atoms with Crippen LogP contribution in [0.25, 0.3) is 0 Å². The third kappa shape index (κ3) is 1.10. The average molecular weight is 195 g/mol. The summed E-state index contributed by atoms with van der Waals surface area (Å²) in [6.07, 6.45) is 4.59. The van der Waals surface area contributed by atoms with E-state index in [0.717, 1.165) is 25.0 Å². The topological polar surface area (TPSA) is 50.9 Å². The Bertz CT molecular complexity index is 345. The molecule has 1 aromatic heterocycles. The molecule has 4 heteroatoms. The number of aromatic nitrogens is 3. The van der Waals surface area contributed by atoms with E-state index >= 15 is 0 Å². The molecular formula is C10H17N3O. The van der Waals surface area contributed by atoms with Gasteiger partial charge in [0.2, 0.25) is 0 Å². The fourth-order valence-electron chi connectivity index (χ4n) is 2.47. The Morgan fingerprint density at radius 2 is 2.14 bits per heavy atom. The predicted molar refractivity (Wildman–Crippen MR) is 52.5 cm³/mol. The zero-order valence-corrected chi connectivity index (χ0v) is 8.99. The summed E-state index contributed by atoms with van der Waals surface area (Å²) >= 11 is 0. The highest BCUT2D eigenvalue weighted by atomic mass is 16.3. The Hall–Kier alpha value is -0.900. The molecule has 1 aromatic rings. The van der Waals surface area contributed by atoms with Gasteiger partial charge in [0, 0.05) is 7.05 Å². The molecular weight excluding hydrogens is 178 g/mol. The summed E-state index contributed by atoms with van der Waals surface area (Å²) in [5.41, 5.74) is -0.00623. The molecule has 1 fully saturated rings. The van der Waals surface area contributed by atoms with Gasteiger partial charge in [-0.25, -0.2) is 4.68 Å². The van der Waals surface area contributed by atoms with E-state index < -0.39 is 5.60 Å². The van der Waals surface area contributed by atoms with Gasteiger partial charge in [-0.15, -0.1) is 5.10 Å². The molecule has 0 radical (unpaired) electrons. The molecule has 1 atom stereocenters. The monoisotopic (exact) mass is 195 g/mol. The van der Waals surface area contributed by atoms with Gasteiger partial charge in [-0.1, -0.05) is 19.1 Å². The molecule has 0 aliphatic heterocycles. The molecule has 4 nitrogen and oxygen atoms in total. The molecule has 1 heterocycles. The first-order valence-electron chi connectivity index (χ1n) is 5.05. The molecule has 14 heavy (non-hydrogen) atoms. The van der Waals surface area contributed by atoms with Crippen LogP contribution in [0.15, 0.2) is 6.20 Å². The summed E-state index contributed by atoms with van der Waals surface area (Å²) in [5, 5.41) is 18.4. The summed E-state index contributed by atoms with van der Waals surface area (Å²) in [6.45, 7) is 4.21. The van der Waals surface area contributed by atoms with Crippen LogP contribution >= 0.6 is 0 Å². The Balaban J connectivity index is 2.47. The maximum atomic E-state index is 10.7. The highest BCUT2D eigenvalue weighted by Crippen LogP contribution is 2.51. The third-order valence-corrected chi connectivity index (χ3v) is 3.60. The van der Waals surface area contributed by atoms with Gasteiger partial charge in [-0.2, -0.15) is 0 Å². The summed E-state index contributed by atoms with van der Waals surface area (Å²) < 4.78 is 1.67. The van der Waals surface area contributed by atoms with Crippen molar-refractivity contribution in [2.45, 2.75) is 38.7 Å². The minimum absolute atomic E-state index is 0.0809. The van der Waals surface area contributed by atoms with Gasteiger partial charge in [0.05, 0.1) is 11.9 Å². The third-order valence-electron chi connectivity index (χ3n) is 3.60. The summed E-state index contributed by atoms with van der Waals surface area (Å²) in [7, 11) is 1.83. The minimum atomic E-state index is -0.759. The zero-order valence-electron chi connectivity index (χ0n) is 8.99. The number of aryl methyl sites for hydroxylation is 1. The standard InChI is InChI=1S/C10H17N3O/c1-9(2)5-4-6-10(9,14)8-7-11-12-13(8)3/h7,14H,4-6H2,1-3H3. The highest BCUT2D eigenvalue weighted by Gasteiger charge is 2.50. The van der Waals surface area contributed by atoms with Gasteiger partial charge in [-0.3, -0.25) is 0 Å². The molecule has 0 spiro atoms. The van der Waals surface area contributed by atoms with Gasteiger partial charge in [0.1, 0.15) is 5.60 Å².